The highest BCUT2D eigenvalue weighted by Crippen LogP contribution is 2.19. The topological polar surface area (TPSA) is 42.2 Å². The minimum Gasteiger partial charge on any atom is -0.469 e. The van der Waals surface area contributed by atoms with Gasteiger partial charge in [-0.1, -0.05) is 0 Å². The smallest absolute Gasteiger partial charge is 0.224 e. The Bertz CT molecular complexity index is 582. The van der Waals surface area contributed by atoms with Crippen LogP contribution in [0.15, 0.2) is 34.9 Å². The number of carbonyl (C=O) groups is 1. The van der Waals surface area contributed by atoms with Crippen molar-refractivity contribution in [2.24, 2.45) is 0 Å². The Morgan fingerprint density at radius 2 is 1.95 bits per heavy atom. The predicted molar refractivity (Wildman–Crippen MR) is 62.0 cm³/mol. The van der Waals surface area contributed by atoms with Crippen molar-refractivity contribution in [2.45, 2.75) is 12.8 Å². The first-order chi connectivity index (χ1) is 9.08. The molecule has 2 aromatic rings. The fourth-order valence-corrected chi connectivity index (χ4v) is 1.53. The van der Waals surface area contributed by atoms with E-state index in [1.54, 1.807) is 12.1 Å². The minimum atomic E-state index is -1.61. The van der Waals surface area contributed by atoms with E-state index in [0.29, 0.717) is 12.2 Å². The van der Waals surface area contributed by atoms with Gasteiger partial charge in [0.25, 0.3) is 0 Å². The van der Waals surface area contributed by atoms with E-state index in [0.717, 1.165) is 12.1 Å². The van der Waals surface area contributed by atoms with Gasteiger partial charge in [-0.3, -0.25) is 4.79 Å². The Balaban J connectivity index is 1.97. The van der Waals surface area contributed by atoms with Gasteiger partial charge >= 0.3 is 0 Å². The van der Waals surface area contributed by atoms with Crippen molar-refractivity contribution in [1.82, 2.24) is 0 Å². The lowest BCUT2D eigenvalue weighted by Crippen LogP contribution is -2.14. The number of hydrogen-bond donors (Lipinski definition) is 1. The Kier molecular flexibility index (Phi) is 3.89. The summed E-state index contributed by atoms with van der Waals surface area (Å²) in [7, 11) is 0. The fraction of sp³-hybridized carbons (Fsp3) is 0.154. The molecule has 0 saturated carbocycles. The van der Waals surface area contributed by atoms with Crippen molar-refractivity contribution >= 4 is 11.6 Å². The molecule has 0 radical (unpaired) electrons. The maximum atomic E-state index is 13.3. The predicted octanol–water partition coefficient (Wildman–Crippen LogP) is 3.27. The summed E-state index contributed by atoms with van der Waals surface area (Å²) in [6.45, 7) is 0. The van der Waals surface area contributed by atoms with Gasteiger partial charge in [0.15, 0.2) is 17.5 Å². The number of benzene rings is 1. The molecule has 0 bridgehead atoms. The number of carbonyl (C=O) groups excluding carboxylic acids is 1. The number of halogens is 3. The number of hydrogen-bond acceptors (Lipinski definition) is 2. The maximum absolute atomic E-state index is 13.3. The van der Waals surface area contributed by atoms with Crippen LogP contribution in [0.1, 0.15) is 12.2 Å². The van der Waals surface area contributed by atoms with Gasteiger partial charge in [-0.05, 0) is 24.3 Å². The van der Waals surface area contributed by atoms with Crippen molar-refractivity contribution in [3.8, 4) is 0 Å². The molecule has 0 saturated heterocycles. The van der Waals surface area contributed by atoms with Crippen LogP contribution in [0.2, 0.25) is 0 Å². The second kappa shape index (κ2) is 5.60. The molecule has 0 spiro atoms. The van der Waals surface area contributed by atoms with Crippen LogP contribution in [0.3, 0.4) is 0 Å². The molecule has 0 fully saturated rings. The van der Waals surface area contributed by atoms with Crippen LogP contribution in [-0.2, 0) is 11.2 Å². The zero-order valence-electron chi connectivity index (χ0n) is 9.75. The highest BCUT2D eigenvalue weighted by Gasteiger charge is 2.15. The Labute approximate surface area is 107 Å². The van der Waals surface area contributed by atoms with Crippen molar-refractivity contribution in [1.29, 1.82) is 0 Å². The first-order valence-corrected chi connectivity index (χ1v) is 5.53. The van der Waals surface area contributed by atoms with E-state index in [4.69, 9.17) is 4.42 Å². The molecule has 0 unspecified atom stereocenters. The summed E-state index contributed by atoms with van der Waals surface area (Å²) in [6.07, 6.45) is 1.86. The van der Waals surface area contributed by atoms with Crippen molar-refractivity contribution in [2.75, 3.05) is 5.32 Å². The molecule has 1 amide bonds. The first kappa shape index (κ1) is 13.2. The molecule has 19 heavy (non-hydrogen) atoms. The van der Waals surface area contributed by atoms with E-state index < -0.39 is 23.4 Å². The summed E-state index contributed by atoms with van der Waals surface area (Å²) < 4.78 is 43.9. The Morgan fingerprint density at radius 3 is 2.63 bits per heavy atom. The third kappa shape index (κ3) is 3.15. The summed E-state index contributed by atoms with van der Waals surface area (Å²) in [5, 5.41) is 2.18. The standard InChI is InChI=1S/C13H10F3NO2/c14-9-4-5-10(13(16)12(9)15)17-11(18)6-3-8-2-1-7-19-8/h1-2,4-5,7H,3,6H2,(H,17,18). The molecular weight excluding hydrogens is 259 g/mol. The van der Waals surface area contributed by atoms with Crippen LogP contribution in [0.4, 0.5) is 18.9 Å². The average molecular weight is 269 g/mol. The molecule has 1 heterocycles. The van der Waals surface area contributed by atoms with Crippen LogP contribution in [-0.4, -0.2) is 5.91 Å². The highest BCUT2D eigenvalue weighted by atomic mass is 19.2. The molecule has 0 aliphatic carbocycles. The van der Waals surface area contributed by atoms with Gasteiger partial charge in [0.2, 0.25) is 5.91 Å². The van der Waals surface area contributed by atoms with Crippen molar-refractivity contribution in [3.05, 3.63) is 53.7 Å². The van der Waals surface area contributed by atoms with Gasteiger partial charge in [0.1, 0.15) is 5.76 Å². The summed E-state index contributed by atoms with van der Waals surface area (Å²) in [6, 6.07) is 5.10. The molecular formula is C13H10F3NO2. The lowest BCUT2D eigenvalue weighted by Gasteiger charge is -2.06. The average Bonchev–Trinajstić information content (AvgIpc) is 2.90. The molecule has 6 heteroatoms. The van der Waals surface area contributed by atoms with Crippen molar-refractivity contribution in [3.63, 3.8) is 0 Å². The maximum Gasteiger partial charge on any atom is 0.224 e. The zero-order chi connectivity index (χ0) is 13.8. The lowest BCUT2D eigenvalue weighted by atomic mass is 10.2. The SMILES string of the molecule is O=C(CCc1ccco1)Nc1ccc(F)c(F)c1F. The van der Waals surface area contributed by atoms with Crippen molar-refractivity contribution < 1.29 is 22.4 Å². The quantitative estimate of drug-likeness (QED) is 0.865. The molecule has 1 N–H and O–H groups in total. The number of aryl methyl sites for hydroxylation is 1. The largest absolute Gasteiger partial charge is 0.469 e. The van der Waals surface area contributed by atoms with E-state index in [1.807, 2.05) is 0 Å². The number of amides is 1. The number of rotatable bonds is 4. The third-order valence-corrected chi connectivity index (χ3v) is 2.49. The lowest BCUT2D eigenvalue weighted by molar-refractivity contribution is -0.116. The molecule has 1 aromatic carbocycles. The molecule has 100 valence electrons. The second-order valence-electron chi connectivity index (χ2n) is 3.85. The van der Waals surface area contributed by atoms with Crippen LogP contribution >= 0.6 is 0 Å². The second-order valence-corrected chi connectivity index (χ2v) is 3.85. The van der Waals surface area contributed by atoms with E-state index in [-0.39, 0.29) is 12.1 Å². The monoisotopic (exact) mass is 269 g/mol. The Morgan fingerprint density at radius 1 is 1.16 bits per heavy atom. The summed E-state index contributed by atoms with van der Waals surface area (Å²) in [5.41, 5.74) is -0.386. The number of anilines is 1. The molecule has 0 aliphatic rings. The molecule has 0 aliphatic heterocycles. The highest BCUT2D eigenvalue weighted by molar-refractivity contribution is 5.90. The van der Waals surface area contributed by atoms with Gasteiger partial charge in [-0.15, -0.1) is 0 Å². The van der Waals surface area contributed by atoms with Gasteiger partial charge in [-0.25, -0.2) is 13.2 Å². The van der Waals surface area contributed by atoms with E-state index in [9.17, 15) is 18.0 Å². The fourth-order valence-electron chi connectivity index (χ4n) is 1.53. The van der Waals surface area contributed by atoms with E-state index in [1.165, 1.54) is 6.26 Å². The van der Waals surface area contributed by atoms with Gasteiger partial charge in [0.05, 0.1) is 12.0 Å². The van der Waals surface area contributed by atoms with Crippen LogP contribution in [0, 0.1) is 17.5 Å². The van der Waals surface area contributed by atoms with E-state index >= 15 is 0 Å². The van der Waals surface area contributed by atoms with E-state index in [2.05, 4.69) is 5.32 Å². The van der Waals surface area contributed by atoms with Crippen LogP contribution in [0.5, 0.6) is 0 Å². The molecule has 0 atom stereocenters. The molecule has 1 aromatic heterocycles. The summed E-state index contributed by atoms with van der Waals surface area (Å²) in [4.78, 5) is 11.5. The van der Waals surface area contributed by atoms with Crippen LogP contribution < -0.4 is 5.32 Å². The normalized spacial score (nSPS) is 10.5. The first-order valence-electron chi connectivity index (χ1n) is 5.53. The van der Waals surface area contributed by atoms with Crippen LogP contribution in [0.25, 0.3) is 0 Å². The zero-order valence-corrected chi connectivity index (χ0v) is 9.75. The number of furan rings is 1. The number of nitrogens with one attached hydrogen (secondary N) is 1. The van der Waals surface area contributed by atoms with Gasteiger partial charge < -0.3 is 9.73 Å². The summed E-state index contributed by atoms with van der Waals surface area (Å²) in [5.74, 6) is -4.22. The minimum absolute atomic E-state index is 0.0476. The molecule has 2 rings (SSSR count). The Hall–Kier alpha value is -2.24. The summed E-state index contributed by atoms with van der Waals surface area (Å²) >= 11 is 0. The van der Waals surface area contributed by atoms with Gasteiger partial charge in [0, 0.05) is 12.8 Å². The van der Waals surface area contributed by atoms with Gasteiger partial charge in [-0.2, -0.15) is 0 Å². The molecule has 3 nitrogen and oxygen atoms in total. The third-order valence-electron chi connectivity index (χ3n) is 2.49.